The molecule has 1 N–H and O–H groups in total. The molecule has 1 amide bonds. The monoisotopic (exact) mass is 355 g/mol. The van der Waals surface area contributed by atoms with Crippen molar-refractivity contribution in [2.24, 2.45) is 17.8 Å². The summed E-state index contributed by atoms with van der Waals surface area (Å²) in [6.07, 6.45) is 7.60. The molecule has 4 nitrogen and oxygen atoms in total. The number of hydrogen-bond acceptors (Lipinski definition) is 3. The van der Waals surface area contributed by atoms with Crippen LogP contribution in [-0.4, -0.2) is 23.5 Å². The third kappa shape index (κ3) is 3.79. The van der Waals surface area contributed by atoms with E-state index in [9.17, 15) is 9.59 Å². The Morgan fingerprint density at radius 1 is 1.08 bits per heavy atom. The second-order valence-corrected chi connectivity index (χ2v) is 8.80. The zero-order valence-corrected chi connectivity index (χ0v) is 15.6. The normalized spacial score (nSPS) is 32.9. The molecule has 1 aromatic rings. The van der Waals surface area contributed by atoms with E-state index in [-0.39, 0.29) is 17.4 Å². The number of amides is 1. The van der Waals surface area contributed by atoms with Crippen molar-refractivity contribution < 1.29 is 14.3 Å². The molecule has 4 bridgehead atoms. The Morgan fingerprint density at radius 3 is 2.23 bits per heavy atom. The van der Waals surface area contributed by atoms with Gasteiger partial charge in [-0.3, -0.25) is 9.59 Å². The number of carbonyl (C=O) groups is 2. The summed E-state index contributed by atoms with van der Waals surface area (Å²) in [6, 6.07) is 9.87. The maximum atomic E-state index is 12.6. The molecule has 1 atom stereocenters. The van der Waals surface area contributed by atoms with Crippen molar-refractivity contribution in [3.8, 4) is 0 Å². The van der Waals surface area contributed by atoms with Crippen molar-refractivity contribution >= 4 is 11.9 Å². The van der Waals surface area contributed by atoms with E-state index in [1.807, 2.05) is 30.3 Å². The van der Waals surface area contributed by atoms with Gasteiger partial charge in [0.2, 0.25) is 0 Å². The minimum atomic E-state index is -0.716. The van der Waals surface area contributed by atoms with Gasteiger partial charge in [-0.2, -0.15) is 0 Å². The lowest BCUT2D eigenvalue weighted by molar-refractivity contribution is -0.156. The fourth-order valence-corrected chi connectivity index (χ4v) is 5.83. The third-order valence-electron chi connectivity index (χ3n) is 6.56. The summed E-state index contributed by atoms with van der Waals surface area (Å²) in [5.41, 5.74) is 1.08. The number of carbonyl (C=O) groups excluding carboxylic acids is 2. The first-order chi connectivity index (χ1) is 12.5. The van der Waals surface area contributed by atoms with Gasteiger partial charge in [0.15, 0.2) is 6.10 Å². The van der Waals surface area contributed by atoms with Crippen LogP contribution >= 0.6 is 0 Å². The molecule has 4 heteroatoms. The molecule has 26 heavy (non-hydrogen) atoms. The van der Waals surface area contributed by atoms with Crippen molar-refractivity contribution in [3.05, 3.63) is 35.9 Å². The molecule has 0 aromatic heterocycles. The smallest absolute Gasteiger partial charge is 0.306 e. The van der Waals surface area contributed by atoms with Gasteiger partial charge in [0, 0.05) is 12.0 Å². The zero-order chi connectivity index (χ0) is 18.1. The molecule has 0 unspecified atom stereocenters. The van der Waals surface area contributed by atoms with Crippen LogP contribution in [0.1, 0.15) is 57.4 Å². The fourth-order valence-electron chi connectivity index (χ4n) is 5.83. The molecular formula is C22H29NO3. The number of aryl methyl sites for hydroxylation is 1. The SMILES string of the molecule is C[C@@H](OC(=O)CCc1ccccc1)C(=O)NC12CC3CC(CC(C3)C1)C2. The molecule has 1 aromatic carbocycles. The van der Waals surface area contributed by atoms with E-state index in [2.05, 4.69) is 5.32 Å². The van der Waals surface area contributed by atoms with Gasteiger partial charge in [0.05, 0.1) is 0 Å². The topological polar surface area (TPSA) is 55.4 Å². The average Bonchev–Trinajstić information content (AvgIpc) is 2.59. The van der Waals surface area contributed by atoms with Crippen LogP contribution in [0.3, 0.4) is 0 Å². The molecule has 0 radical (unpaired) electrons. The highest BCUT2D eigenvalue weighted by Gasteiger charge is 2.51. The predicted molar refractivity (Wildman–Crippen MR) is 99.4 cm³/mol. The van der Waals surface area contributed by atoms with Crippen LogP contribution in [0.15, 0.2) is 30.3 Å². The van der Waals surface area contributed by atoms with Crippen molar-refractivity contribution in [2.75, 3.05) is 0 Å². The number of nitrogens with one attached hydrogen (secondary N) is 1. The Kier molecular flexibility index (Phi) is 4.76. The predicted octanol–water partition coefficient (Wildman–Crippen LogP) is 3.64. The summed E-state index contributed by atoms with van der Waals surface area (Å²) in [4.78, 5) is 24.7. The van der Waals surface area contributed by atoms with Crippen LogP contribution < -0.4 is 5.32 Å². The standard InChI is InChI=1S/C22H29NO3/c1-15(26-20(24)8-7-16-5-3-2-4-6-16)21(25)23-22-12-17-9-18(13-22)11-19(10-17)14-22/h2-6,15,17-19H,7-14H2,1H3,(H,23,25)/t15-,17?,18?,19?,22?/m1/s1. The Bertz CT molecular complexity index is 634. The lowest BCUT2D eigenvalue weighted by atomic mass is 9.53. The Hall–Kier alpha value is -1.84. The summed E-state index contributed by atoms with van der Waals surface area (Å²) >= 11 is 0. The molecule has 5 rings (SSSR count). The zero-order valence-electron chi connectivity index (χ0n) is 15.6. The molecular weight excluding hydrogens is 326 g/mol. The van der Waals surface area contributed by atoms with Crippen molar-refractivity contribution in [3.63, 3.8) is 0 Å². The molecule has 4 saturated carbocycles. The van der Waals surface area contributed by atoms with Crippen LogP contribution in [0.25, 0.3) is 0 Å². The summed E-state index contributed by atoms with van der Waals surface area (Å²) < 4.78 is 5.40. The van der Waals surface area contributed by atoms with Gasteiger partial charge >= 0.3 is 5.97 Å². The maximum Gasteiger partial charge on any atom is 0.306 e. The molecule has 0 saturated heterocycles. The van der Waals surface area contributed by atoms with Gasteiger partial charge in [-0.05, 0) is 75.2 Å². The summed E-state index contributed by atoms with van der Waals surface area (Å²) in [7, 11) is 0. The highest BCUT2D eigenvalue weighted by Crippen LogP contribution is 2.55. The second-order valence-electron chi connectivity index (χ2n) is 8.80. The maximum absolute atomic E-state index is 12.6. The Labute approximate surface area is 155 Å². The summed E-state index contributed by atoms with van der Waals surface area (Å²) in [5.74, 6) is 1.92. The first kappa shape index (κ1) is 17.6. The van der Waals surface area contributed by atoms with Crippen LogP contribution in [0.4, 0.5) is 0 Å². The van der Waals surface area contributed by atoms with E-state index in [1.54, 1.807) is 6.92 Å². The van der Waals surface area contributed by atoms with E-state index >= 15 is 0 Å². The van der Waals surface area contributed by atoms with Crippen molar-refractivity contribution in [1.29, 1.82) is 0 Å². The highest BCUT2D eigenvalue weighted by atomic mass is 16.5. The number of benzene rings is 1. The average molecular weight is 355 g/mol. The Morgan fingerprint density at radius 2 is 1.65 bits per heavy atom. The Balaban J connectivity index is 1.27. The van der Waals surface area contributed by atoms with Gasteiger partial charge in [-0.15, -0.1) is 0 Å². The van der Waals surface area contributed by atoms with Gasteiger partial charge in [0.1, 0.15) is 0 Å². The van der Waals surface area contributed by atoms with E-state index in [4.69, 9.17) is 4.74 Å². The summed E-state index contributed by atoms with van der Waals surface area (Å²) in [6.45, 7) is 1.69. The van der Waals surface area contributed by atoms with E-state index < -0.39 is 6.10 Å². The van der Waals surface area contributed by atoms with Gasteiger partial charge in [-0.25, -0.2) is 0 Å². The quantitative estimate of drug-likeness (QED) is 0.793. The van der Waals surface area contributed by atoms with Crippen LogP contribution in [0.5, 0.6) is 0 Å². The number of rotatable bonds is 6. The number of esters is 1. The first-order valence-corrected chi connectivity index (χ1v) is 10.1. The summed E-state index contributed by atoms with van der Waals surface area (Å²) in [5, 5.41) is 3.29. The molecule has 4 aliphatic carbocycles. The van der Waals surface area contributed by atoms with Crippen molar-refractivity contribution in [2.45, 2.75) is 69.9 Å². The highest BCUT2D eigenvalue weighted by molar-refractivity contribution is 5.84. The van der Waals surface area contributed by atoms with Gasteiger partial charge in [0.25, 0.3) is 5.91 Å². The van der Waals surface area contributed by atoms with Gasteiger partial charge in [-0.1, -0.05) is 30.3 Å². The van der Waals surface area contributed by atoms with Gasteiger partial charge < -0.3 is 10.1 Å². The minimum absolute atomic E-state index is 0.0312. The van der Waals surface area contributed by atoms with Crippen LogP contribution in [0, 0.1) is 17.8 Å². The lowest BCUT2D eigenvalue weighted by Crippen LogP contribution is -2.61. The first-order valence-electron chi connectivity index (χ1n) is 10.1. The third-order valence-corrected chi connectivity index (χ3v) is 6.56. The molecule has 4 aliphatic rings. The molecule has 0 spiro atoms. The van der Waals surface area contributed by atoms with Crippen LogP contribution in [-0.2, 0) is 20.7 Å². The number of hydrogen-bond donors (Lipinski definition) is 1. The molecule has 0 heterocycles. The molecule has 4 fully saturated rings. The molecule has 140 valence electrons. The largest absolute Gasteiger partial charge is 0.453 e. The lowest BCUT2D eigenvalue weighted by Gasteiger charge is -2.57. The molecule has 0 aliphatic heterocycles. The minimum Gasteiger partial charge on any atom is -0.453 e. The van der Waals surface area contributed by atoms with Crippen LogP contribution in [0.2, 0.25) is 0 Å². The van der Waals surface area contributed by atoms with Crippen molar-refractivity contribution in [1.82, 2.24) is 5.32 Å². The fraction of sp³-hybridized carbons (Fsp3) is 0.636. The van der Waals surface area contributed by atoms with E-state index in [0.29, 0.717) is 12.8 Å². The second kappa shape index (κ2) is 7.05. The van der Waals surface area contributed by atoms with E-state index in [1.165, 1.54) is 19.3 Å². The van der Waals surface area contributed by atoms with E-state index in [0.717, 1.165) is 42.6 Å². The number of ether oxygens (including phenoxy) is 1.